The molecule has 0 saturated heterocycles. The molecule has 3 aromatic rings. The molecule has 0 amide bonds. The number of nitriles is 1. The Morgan fingerprint density at radius 1 is 0.957 bits per heavy atom. The van der Waals surface area contributed by atoms with Crippen LogP contribution in [0.25, 0.3) is 11.1 Å². The van der Waals surface area contributed by atoms with Crippen molar-refractivity contribution >= 4 is 0 Å². The lowest BCUT2D eigenvalue weighted by molar-refractivity contribution is 0.914. The third kappa shape index (κ3) is 2.49. The summed E-state index contributed by atoms with van der Waals surface area (Å²) < 4.78 is 0. The molecule has 3 nitrogen and oxygen atoms in total. The number of fused-ring (bicyclic) bond motifs is 2. The van der Waals surface area contributed by atoms with Crippen LogP contribution in [0.1, 0.15) is 27.9 Å². The first-order valence-electron chi connectivity index (χ1n) is 7.74. The second-order valence-electron chi connectivity index (χ2n) is 5.80. The molecule has 1 aliphatic carbocycles. The van der Waals surface area contributed by atoms with Gasteiger partial charge in [0.25, 0.3) is 0 Å². The van der Waals surface area contributed by atoms with Gasteiger partial charge in [0, 0.05) is 29.8 Å². The number of aryl methyl sites for hydroxylation is 1. The predicted molar refractivity (Wildman–Crippen MR) is 88.8 cm³/mol. The Morgan fingerprint density at radius 2 is 1.83 bits per heavy atom. The van der Waals surface area contributed by atoms with Crippen LogP contribution in [0.15, 0.2) is 55.0 Å². The zero-order valence-electron chi connectivity index (χ0n) is 12.7. The smallest absolute Gasteiger partial charge is 0.0994 e. The van der Waals surface area contributed by atoms with E-state index in [2.05, 4.69) is 23.2 Å². The highest BCUT2D eigenvalue weighted by Gasteiger charge is 2.17. The number of hydrogen-bond acceptors (Lipinski definition) is 3. The van der Waals surface area contributed by atoms with Gasteiger partial charge in [-0.3, -0.25) is 9.97 Å². The Hall–Kier alpha value is -2.99. The van der Waals surface area contributed by atoms with E-state index in [1.54, 1.807) is 12.4 Å². The molecule has 1 aromatic carbocycles. The van der Waals surface area contributed by atoms with Crippen molar-refractivity contribution in [1.82, 2.24) is 9.97 Å². The van der Waals surface area contributed by atoms with E-state index in [0.29, 0.717) is 0 Å². The average Bonchev–Trinajstić information content (AvgIpc) is 2.80. The van der Waals surface area contributed by atoms with Gasteiger partial charge in [0.15, 0.2) is 0 Å². The molecule has 110 valence electrons. The fourth-order valence-corrected chi connectivity index (χ4v) is 3.27. The third-order valence-corrected chi connectivity index (χ3v) is 4.46. The van der Waals surface area contributed by atoms with Gasteiger partial charge >= 0.3 is 0 Å². The summed E-state index contributed by atoms with van der Waals surface area (Å²) in [5, 5.41) is 9.32. The van der Waals surface area contributed by atoms with Gasteiger partial charge in [0.2, 0.25) is 0 Å². The molecular weight excluding hydrogens is 282 g/mol. The predicted octanol–water partition coefficient (Wildman–Crippen LogP) is 3.70. The van der Waals surface area contributed by atoms with Gasteiger partial charge in [0.05, 0.1) is 11.6 Å². The van der Waals surface area contributed by atoms with Gasteiger partial charge in [-0.25, -0.2) is 0 Å². The van der Waals surface area contributed by atoms with Crippen LogP contribution < -0.4 is 0 Å². The Morgan fingerprint density at radius 3 is 2.65 bits per heavy atom. The van der Waals surface area contributed by atoms with Crippen molar-refractivity contribution in [1.29, 1.82) is 5.26 Å². The number of pyridine rings is 2. The van der Waals surface area contributed by atoms with Gasteiger partial charge in [-0.2, -0.15) is 5.26 Å². The largest absolute Gasteiger partial charge is 0.265 e. The summed E-state index contributed by atoms with van der Waals surface area (Å²) in [4.78, 5) is 8.76. The highest BCUT2D eigenvalue weighted by atomic mass is 14.7. The van der Waals surface area contributed by atoms with Crippen molar-refractivity contribution in [2.45, 2.75) is 19.3 Å². The van der Waals surface area contributed by atoms with E-state index in [4.69, 9.17) is 4.98 Å². The van der Waals surface area contributed by atoms with Gasteiger partial charge in [-0.1, -0.05) is 12.1 Å². The average molecular weight is 297 g/mol. The Balaban J connectivity index is 1.79. The van der Waals surface area contributed by atoms with Gasteiger partial charge < -0.3 is 0 Å². The van der Waals surface area contributed by atoms with E-state index in [-0.39, 0.29) is 0 Å². The molecule has 2 aromatic heterocycles. The molecule has 0 atom stereocenters. The lowest BCUT2D eigenvalue weighted by Gasteiger charge is -2.09. The van der Waals surface area contributed by atoms with Crippen LogP contribution in [0.4, 0.5) is 0 Å². The Bertz CT molecular complexity index is 908. The summed E-state index contributed by atoms with van der Waals surface area (Å²) in [5.74, 6) is 0. The summed E-state index contributed by atoms with van der Waals surface area (Å²) in [6, 6.07) is 14.6. The van der Waals surface area contributed by atoms with Crippen molar-refractivity contribution in [3.05, 3.63) is 82.9 Å². The molecule has 0 unspecified atom stereocenters. The first kappa shape index (κ1) is 13.7. The van der Waals surface area contributed by atoms with E-state index in [1.165, 1.54) is 16.7 Å². The van der Waals surface area contributed by atoms with Crippen LogP contribution in [0.5, 0.6) is 0 Å². The maximum absolute atomic E-state index is 9.32. The molecule has 0 N–H and O–H groups in total. The Labute approximate surface area is 135 Å². The van der Waals surface area contributed by atoms with Gasteiger partial charge in [0.1, 0.15) is 0 Å². The number of aromatic nitrogens is 2. The lowest BCUT2D eigenvalue weighted by atomic mass is 9.96. The van der Waals surface area contributed by atoms with Crippen molar-refractivity contribution in [2.24, 2.45) is 0 Å². The first-order chi connectivity index (χ1) is 11.3. The summed E-state index contributed by atoms with van der Waals surface area (Å²) in [5.41, 5.74) is 7.87. The van der Waals surface area contributed by atoms with E-state index >= 15 is 0 Å². The van der Waals surface area contributed by atoms with E-state index in [9.17, 15) is 5.26 Å². The lowest BCUT2D eigenvalue weighted by Crippen LogP contribution is -1.97. The molecule has 0 spiro atoms. The highest BCUT2D eigenvalue weighted by molar-refractivity contribution is 5.63. The van der Waals surface area contributed by atoms with Crippen molar-refractivity contribution in [2.75, 3.05) is 0 Å². The minimum Gasteiger partial charge on any atom is -0.265 e. The fraction of sp³-hybridized carbons (Fsp3) is 0.150. The number of hydrogen-bond donors (Lipinski definition) is 0. The second kappa shape index (κ2) is 5.66. The van der Waals surface area contributed by atoms with Crippen LogP contribution in [0.2, 0.25) is 0 Å². The maximum atomic E-state index is 9.32. The summed E-state index contributed by atoms with van der Waals surface area (Å²) in [6.07, 6.45) is 8.15. The molecular formula is C20H15N3. The topological polar surface area (TPSA) is 49.6 Å². The molecule has 0 aliphatic heterocycles. The molecule has 2 heterocycles. The third-order valence-electron chi connectivity index (χ3n) is 4.46. The standard InChI is InChI=1S/C20H15N3/c21-12-16-3-1-2-15-10-17-11-18(14-6-8-22-9-7-14)13-23-20(17)5-4-19(15)16/h1-3,6-9,11,13H,4-5,10H2. The van der Waals surface area contributed by atoms with Gasteiger partial charge in [-0.15, -0.1) is 0 Å². The molecule has 0 fully saturated rings. The minimum atomic E-state index is 0.796. The zero-order valence-corrected chi connectivity index (χ0v) is 12.7. The van der Waals surface area contributed by atoms with Gasteiger partial charge in [-0.05, 0) is 65.8 Å². The molecule has 4 rings (SSSR count). The van der Waals surface area contributed by atoms with Crippen LogP contribution >= 0.6 is 0 Å². The molecule has 0 radical (unpaired) electrons. The second-order valence-corrected chi connectivity index (χ2v) is 5.80. The fourth-order valence-electron chi connectivity index (χ4n) is 3.27. The van der Waals surface area contributed by atoms with E-state index < -0.39 is 0 Å². The quantitative estimate of drug-likeness (QED) is 0.688. The molecule has 0 bridgehead atoms. The zero-order chi connectivity index (χ0) is 15.6. The molecule has 23 heavy (non-hydrogen) atoms. The van der Waals surface area contributed by atoms with Crippen LogP contribution in [-0.4, -0.2) is 9.97 Å². The monoisotopic (exact) mass is 297 g/mol. The SMILES string of the molecule is N#Cc1cccc2c1CCc1ncc(-c3ccncc3)cc1C2. The highest BCUT2D eigenvalue weighted by Crippen LogP contribution is 2.28. The first-order valence-corrected chi connectivity index (χ1v) is 7.74. The number of nitrogens with zero attached hydrogens (tertiary/aromatic N) is 3. The molecule has 1 aliphatic rings. The van der Waals surface area contributed by atoms with Crippen molar-refractivity contribution < 1.29 is 0 Å². The summed E-state index contributed by atoms with van der Waals surface area (Å²) in [6.45, 7) is 0. The van der Waals surface area contributed by atoms with E-state index in [1.807, 2.05) is 30.5 Å². The summed E-state index contributed by atoms with van der Waals surface area (Å²) in [7, 11) is 0. The normalized spacial score (nSPS) is 12.7. The number of rotatable bonds is 1. The molecule has 3 heteroatoms. The number of benzene rings is 1. The van der Waals surface area contributed by atoms with Crippen molar-refractivity contribution in [3.63, 3.8) is 0 Å². The molecule has 0 saturated carbocycles. The maximum Gasteiger partial charge on any atom is 0.0994 e. The van der Waals surface area contributed by atoms with E-state index in [0.717, 1.165) is 41.6 Å². The van der Waals surface area contributed by atoms with Crippen LogP contribution in [0.3, 0.4) is 0 Å². The summed E-state index contributed by atoms with van der Waals surface area (Å²) >= 11 is 0. The van der Waals surface area contributed by atoms with Crippen molar-refractivity contribution in [3.8, 4) is 17.2 Å². The Kier molecular flexibility index (Phi) is 3.36. The minimum absolute atomic E-state index is 0.796. The van der Waals surface area contributed by atoms with Crippen LogP contribution in [0, 0.1) is 11.3 Å². The van der Waals surface area contributed by atoms with Crippen LogP contribution in [-0.2, 0) is 19.3 Å².